The second-order valence-corrected chi connectivity index (χ2v) is 9.90. The highest BCUT2D eigenvalue weighted by molar-refractivity contribution is 5.86. The van der Waals surface area contributed by atoms with Crippen molar-refractivity contribution >= 4 is 11.8 Å². The molecule has 0 radical (unpaired) electrons. The van der Waals surface area contributed by atoms with Crippen LogP contribution in [0.1, 0.15) is 43.7 Å². The molecule has 1 aromatic rings. The molecule has 1 aliphatic heterocycles. The van der Waals surface area contributed by atoms with Crippen LogP contribution in [0.5, 0.6) is 0 Å². The molecule has 3 aliphatic carbocycles. The largest absolute Gasteiger partial charge is 0.374 e. The Morgan fingerprint density at radius 2 is 1.83 bits per heavy atom. The summed E-state index contributed by atoms with van der Waals surface area (Å²) in [5.74, 6) is 0.556. The Balaban J connectivity index is 1.21. The van der Waals surface area contributed by atoms with Gasteiger partial charge < -0.3 is 15.0 Å². The second-order valence-electron chi connectivity index (χ2n) is 9.90. The summed E-state index contributed by atoms with van der Waals surface area (Å²) in [4.78, 5) is 30.1. The second kappa shape index (κ2) is 7.34. The quantitative estimate of drug-likeness (QED) is 0.780. The van der Waals surface area contributed by atoms with Crippen molar-refractivity contribution in [3.05, 3.63) is 35.9 Å². The third kappa shape index (κ3) is 3.25. The van der Waals surface area contributed by atoms with Gasteiger partial charge in [0.05, 0.1) is 12.0 Å². The van der Waals surface area contributed by atoms with E-state index in [9.17, 15) is 9.59 Å². The molecular formula is C24H33N3O3. The van der Waals surface area contributed by atoms with Gasteiger partial charge in [0, 0.05) is 26.2 Å². The van der Waals surface area contributed by atoms with E-state index in [1.54, 1.807) is 0 Å². The minimum Gasteiger partial charge on any atom is -0.374 e. The molecule has 4 aliphatic rings. The van der Waals surface area contributed by atoms with E-state index in [0.29, 0.717) is 37.1 Å². The van der Waals surface area contributed by atoms with Crippen molar-refractivity contribution in [2.24, 2.45) is 16.7 Å². The Kier molecular flexibility index (Phi) is 4.90. The Morgan fingerprint density at radius 3 is 2.43 bits per heavy atom. The molecule has 6 heteroatoms. The summed E-state index contributed by atoms with van der Waals surface area (Å²) in [7, 11) is 3.89. The van der Waals surface area contributed by atoms with E-state index in [2.05, 4.69) is 5.32 Å². The number of nitrogens with one attached hydrogen (secondary N) is 1. The van der Waals surface area contributed by atoms with Crippen molar-refractivity contribution in [3.63, 3.8) is 0 Å². The van der Waals surface area contributed by atoms with Crippen LogP contribution in [-0.2, 0) is 14.3 Å². The van der Waals surface area contributed by atoms with Crippen LogP contribution in [0.4, 0.5) is 0 Å². The van der Waals surface area contributed by atoms with Crippen LogP contribution < -0.4 is 5.32 Å². The zero-order valence-electron chi connectivity index (χ0n) is 18.1. The predicted molar refractivity (Wildman–Crippen MR) is 114 cm³/mol. The van der Waals surface area contributed by atoms with Crippen LogP contribution >= 0.6 is 0 Å². The Bertz CT molecular complexity index is 798. The van der Waals surface area contributed by atoms with Crippen molar-refractivity contribution in [2.75, 3.05) is 40.3 Å². The first-order valence-electron chi connectivity index (χ1n) is 11.4. The lowest BCUT2D eigenvalue weighted by Crippen LogP contribution is -2.46. The van der Waals surface area contributed by atoms with Crippen LogP contribution in [0.15, 0.2) is 30.3 Å². The van der Waals surface area contributed by atoms with Gasteiger partial charge in [0.15, 0.2) is 0 Å². The molecule has 4 fully saturated rings. The van der Waals surface area contributed by atoms with E-state index in [-0.39, 0.29) is 29.9 Å². The van der Waals surface area contributed by atoms with Crippen LogP contribution in [0.25, 0.3) is 0 Å². The van der Waals surface area contributed by atoms with Gasteiger partial charge in [-0.05, 0) is 62.6 Å². The van der Waals surface area contributed by atoms with Crippen molar-refractivity contribution < 1.29 is 14.3 Å². The predicted octanol–water partition coefficient (Wildman–Crippen LogP) is 2.21. The number of amides is 2. The molecule has 1 N–H and O–H groups in total. The third-order valence-corrected chi connectivity index (χ3v) is 7.88. The number of likely N-dealkylation sites (N-methyl/N-ethyl adjacent to an activating group) is 1. The van der Waals surface area contributed by atoms with E-state index >= 15 is 0 Å². The summed E-state index contributed by atoms with van der Waals surface area (Å²) in [6, 6.07) is 9.62. The maximum atomic E-state index is 13.4. The topological polar surface area (TPSA) is 61.9 Å². The van der Waals surface area contributed by atoms with E-state index in [4.69, 9.17) is 4.74 Å². The molecule has 3 saturated carbocycles. The molecule has 2 atom stereocenters. The zero-order valence-corrected chi connectivity index (χ0v) is 18.1. The highest BCUT2D eigenvalue weighted by atomic mass is 16.5. The Morgan fingerprint density at radius 1 is 1.17 bits per heavy atom. The van der Waals surface area contributed by atoms with Gasteiger partial charge in [-0.25, -0.2) is 0 Å². The molecule has 5 rings (SSSR count). The number of nitrogens with zero attached hydrogens (tertiary/aromatic N) is 2. The molecule has 0 aromatic heterocycles. The van der Waals surface area contributed by atoms with Crippen molar-refractivity contribution in [3.8, 4) is 0 Å². The van der Waals surface area contributed by atoms with Crippen LogP contribution in [0.3, 0.4) is 0 Å². The summed E-state index contributed by atoms with van der Waals surface area (Å²) in [5, 5.41) is 3.16. The van der Waals surface area contributed by atoms with E-state index < -0.39 is 0 Å². The molecular weight excluding hydrogens is 378 g/mol. The molecule has 2 unspecified atom stereocenters. The number of ether oxygens (including phenoxy) is 1. The molecule has 30 heavy (non-hydrogen) atoms. The molecule has 2 amide bonds. The van der Waals surface area contributed by atoms with Gasteiger partial charge in [-0.3, -0.25) is 14.5 Å². The number of rotatable bonds is 6. The monoisotopic (exact) mass is 411 g/mol. The lowest BCUT2D eigenvalue weighted by molar-refractivity contribution is -0.137. The summed E-state index contributed by atoms with van der Waals surface area (Å²) >= 11 is 0. The first-order chi connectivity index (χ1) is 14.5. The molecule has 2 spiro atoms. The molecule has 1 saturated heterocycles. The fraction of sp³-hybridized carbons (Fsp3) is 0.667. The highest BCUT2D eigenvalue weighted by Crippen LogP contribution is 2.92. The third-order valence-electron chi connectivity index (χ3n) is 7.88. The first kappa shape index (κ1) is 20.0. The summed E-state index contributed by atoms with van der Waals surface area (Å²) in [5.41, 5.74) is 1.75. The highest BCUT2D eigenvalue weighted by Gasteiger charge is 2.88. The minimum atomic E-state index is -0.310. The van der Waals surface area contributed by atoms with E-state index in [1.165, 1.54) is 25.7 Å². The van der Waals surface area contributed by atoms with Gasteiger partial charge in [0.1, 0.15) is 6.04 Å². The number of hydrogen-bond acceptors (Lipinski definition) is 4. The van der Waals surface area contributed by atoms with Crippen molar-refractivity contribution in [1.82, 2.24) is 15.1 Å². The molecule has 0 bridgehead atoms. The smallest absolute Gasteiger partial charge is 0.244 e. The summed E-state index contributed by atoms with van der Waals surface area (Å²) < 4.78 is 5.99. The minimum absolute atomic E-state index is 0.101. The fourth-order valence-electron chi connectivity index (χ4n) is 6.09. The first-order valence-corrected chi connectivity index (χ1v) is 11.4. The summed E-state index contributed by atoms with van der Waals surface area (Å²) in [6.07, 6.45) is 5.61. The van der Waals surface area contributed by atoms with Gasteiger partial charge in [-0.2, -0.15) is 0 Å². The normalized spacial score (nSPS) is 27.0. The van der Waals surface area contributed by atoms with Crippen LogP contribution in [0.2, 0.25) is 0 Å². The van der Waals surface area contributed by atoms with Crippen molar-refractivity contribution in [2.45, 2.75) is 44.2 Å². The molecule has 1 aromatic carbocycles. The maximum Gasteiger partial charge on any atom is 0.244 e. The van der Waals surface area contributed by atoms with Gasteiger partial charge in [0.25, 0.3) is 0 Å². The number of hydrogen-bond donors (Lipinski definition) is 1. The van der Waals surface area contributed by atoms with Gasteiger partial charge in [-0.1, -0.05) is 30.3 Å². The molecule has 162 valence electrons. The van der Waals surface area contributed by atoms with E-state index in [1.807, 2.05) is 54.2 Å². The summed E-state index contributed by atoms with van der Waals surface area (Å²) in [6.45, 7) is 2.33. The fourth-order valence-corrected chi connectivity index (χ4v) is 6.09. The molecule has 1 heterocycles. The number of carbonyl (C=O) groups is 2. The number of carbonyl (C=O) groups excluding carboxylic acids is 2. The Hall–Kier alpha value is -1.92. The van der Waals surface area contributed by atoms with Gasteiger partial charge in [-0.15, -0.1) is 0 Å². The standard InChI is InChI=1S/C24H33N3O3/c1-26(2)19(17-7-4-3-5-8-17)22(29)27-13-6-14-30-18(16-27)15-25-21(28)20-23(9-10-23)24(20)11-12-24/h3-5,7-8,18-20H,6,9-16H2,1-2H3,(H,25,28). The van der Waals surface area contributed by atoms with Crippen LogP contribution in [0, 0.1) is 16.7 Å². The van der Waals surface area contributed by atoms with Gasteiger partial charge >= 0.3 is 0 Å². The maximum absolute atomic E-state index is 13.4. The van der Waals surface area contributed by atoms with Crippen molar-refractivity contribution in [1.29, 1.82) is 0 Å². The van der Waals surface area contributed by atoms with Gasteiger partial charge in [0.2, 0.25) is 11.8 Å². The average molecular weight is 412 g/mol. The van der Waals surface area contributed by atoms with E-state index in [0.717, 1.165) is 12.0 Å². The average Bonchev–Trinajstić information content (AvgIpc) is 3.63. The Labute approximate surface area is 178 Å². The van der Waals surface area contributed by atoms with Crippen LogP contribution in [-0.4, -0.2) is 68.1 Å². The zero-order chi connectivity index (χ0) is 20.9. The lowest BCUT2D eigenvalue weighted by Gasteiger charge is -2.31. The number of fused-ring (bicyclic) bond motifs is 1. The lowest BCUT2D eigenvalue weighted by atomic mass is 10.0. The SMILES string of the molecule is CN(C)C(C(=O)N1CCCOC(CNC(=O)C2C3(CC3)C23CC3)C1)c1ccccc1. The number of benzene rings is 1. The molecule has 6 nitrogen and oxygen atoms in total.